The Morgan fingerprint density at radius 2 is 2.10 bits per heavy atom. The monoisotopic (exact) mass is 276 g/mol. The van der Waals surface area contributed by atoms with E-state index in [0.29, 0.717) is 13.1 Å². The molecule has 1 aromatic rings. The van der Waals surface area contributed by atoms with Gasteiger partial charge in [0.05, 0.1) is 5.41 Å². The summed E-state index contributed by atoms with van der Waals surface area (Å²) in [6.45, 7) is 1.28. The van der Waals surface area contributed by atoms with Crippen LogP contribution in [0.3, 0.4) is 0 Å². The molecular formula is C15H20N2O3. The number of rotatable bonds is 4. The Kier molecular flexibility index (Phi) is 3.30. The highest BCUT2D eigenvalue weighted by Gasteiger charge is 2.44. The molecule has 5 heteroatoms. The molecule has 1 heterocycles. The Morgan fingerprint density at radius 1 is 1.35 bits per heavy atom. The summed E-state index contributed by atoms with van der Waals surface area (Å²) in [7, 11) is 1.84. The van der Waals surface area contributed by atoms with E-state index in [2.05, 4.69) is 0 Å². The zero-order chi connectivity index (χ0) is 14.2. The van der Waals surface area contributed by atoms with Crippen LogP contribution in [0, 0.1) is 5.41 Å². The van der Waals surface area contributed by atoms with Gasteiger partial charge in [-0.25, -0.2) is 0 Å². The SMILES string of the molecule is CN(Cc1ccc2c(c1)OCO2)C(=O)C1(CN)CCC1. The van der Waals surface area contributed by atoms with Crippen molar-refractivity contribution in [2.75, 3.05) is 20.4 Å². The highest BCUT2D eigenvalue weighted by molar-refractivity contribution is 5.83. The number of hydrogen-bond acceptors (Lipinski definition) is 4. The van der Waals surface area contributed by atoms with Crippen molar-refractivity contribution >= 4 is 5.91 Å². The summed E-state index contributed by atoms with van der Waals surface area (Å²) in [5.74, 6) is 1.67. The van der Waals surface area contributed by atoms with E-state index in [-0.39, 0.29) is 18.1 Å². The molecule has 20 heavy (non-hydrogen) atoms. The summed E-state index contributed by atoms with van der Waals surface area (Å²) in [6.07, 6.45) is 2.92. The first-order chi connectivity index (χ1) is 9.64. The number of nitrogens with zero attached hydrogens (tertiary/aromatic N) is 1. The zero-order valence-electron chi connectivity index (χ0n) is 11.7. The molecular weight excluding hydrogens is 256 g/mol. The summed E-state index contributed by atoms with van der Waals surface area (Å²) in [5.41, 5.74) is 6.51. The second kappa shape index (κ2) is 4.98. The number of benzene rings is 1. The fourth-order valence-electron chi connectivity index (χ4n) is 2.90. The van der Waals surface area contributed by atoms with Gasteiger partial charge in [-0.2, -0.15) is 0 Å². The van der Waals surface area contributed by atoms with Gasteiger partial charge in [0.15, 0.2) is 11.5 Å². The molecule has 1 saturated carbocycles. The fraction of sp³-hybridized carbons (Fsp3) is 0.533. The molecule has 1 amide bonds. The summed E-state index contributed by atoms with van der Waals surface area (Å²) in [4.78, 5) is 14.3. The first-order valence-corrected chi connectivity index (χ1v) is 6.99. The summed E-state index contributed by atoms with van der Waals surface area (Å²) < 4.78 is 10.6. The van der Waals surface area contributed by atoms with Crippen LogP contribution in [-0.4, -0.2) is 31.2 Å². The summed E-state index contributed by atoms with van der Waals surface area (Å²) in [5, 5.41) is 0. The lowest BCUT2D eigenvalue weighted by atomic mass is 9.68. The van der Waals surface area contributed by atoms with Crippen molar-refractivity contribution in [3.8, 4) is 11.5 Å². The van der Waals surface area contributed by atoms with Gasteiger partial charge in [0, 0.05) is 20.1 Å². The van der Waals surface area contributed by atoms with Gasteiger partial charge in [0.25, 0.3) is 0 Å². The number of ether oxygens (including phenoxy) is 2. The first kappa shape index (κ1) is 13.2. The predicted octanol–water partition coefficient (Wildman–Crippen LogP) is 1.50. The summed E-state index contributed by atoms with van der Waals surface area (Å²) >= 11 is 0. The minimum Gasteiger partial charge on any atom is -0.454 e. The lowest BCUT2D eigenvalue weighted by Gasteiger charge is -2.41. The van der Waals surface area contributed by atoms with Gasteiger partial charge < -0.3 is 20.1 Å². The van der Waals surface area contributed by atoms with E-state index in [0.717, 1.165) is 36.3 Å². The van der Waals surface area contributed by atoms with Gasteiger partial charge in [-0.05, 0) is 30.5 Å². The Bertz CT molecular complexity index is 520. The van der Waals surface area contributed by atoms with E-state index in [1.54, 1.807) is 4.90 Å². The molecule has 1 aliphatic carbocycles. The minimum atomic E-state index is -0.314. The van der Waals surface area contributed by atoms with Crippen LogP contribution in [0.15, 0.2) is 18.2 Å². The number of amides is 1. The van der Waals surface area contributed by atoms with Gasteiger partial charge in [0.2, 0.25) is 12.7 Å². The Labute approximate surface area is 118 Å². The maximum atomic E-state index is 12.5. The molecule has 0 saturated heterocycles. The first-order valence-electron chi connectivity index (χ1n) is 6.99. The van der Waals surface area contributed by atoms with Crippen molar-refractivity contribution in [2.24, 2.45) is 11.1 Å². The Hall–Kier alpha value is -1.75. The highest BCUT2D eigenvalue weighted by Crippen LogP contribution is 2.41. The third-order valence-corrected chi connectivity index (χ3v) is 4.36. The number of carbonyl (C=O) groups excluding carboxylic acids is 1. The predicted molar refractivity (Wildman–Crippen MR) is 74.4 cm³/mol. The molecule has 0 aromatic heterocycles. The van der Waals surface area contributed by atoms with Crippen LogP contribution in [0.4, 0.5) is 0 Å². The second-order valence-electron chi connectivity index (χ2n) is 5.69. The van der Waals surface area contributed by atoms with Crippen LogP contribution < -0.4 is 15.2 Å². The normalized spacial score (nSPS) is 18.5. The van der Waals surface area contributed by atoms with Gasteiger partial charge in [-0.1, -0.05) is 12.5 Å². The molecule has 0 atom stereocenters. The van der Waals surface area contributed by atoms with Crippen LogP contribution >= 0.6 is 0 Å². The maximum Gasteiger partial charge on any atom is 0.231 e. The van der Waals surface area contributed by atoms with E-state index in [4.69, 9.17) is 15.2 Å². The lowest BCUT2D eigenvalue weighted by Crippen LogP contribution is -2.50. The molecule has 0 bridgehead atoms. The van der Waals surface area contributed by atoms with Gasteiger partial charge in [-0.3, -0.25) is 4.79 Å². The van der Waals surface area contributed by atoms with Crippen molar-refractivity contribution in [3.63, 3.8) is 0 Å². The number of fused-ring (bicyclic) bond motifs is 1. The number of carbonyl (C=O) groups is 1. The standard InChI is InChI=1S/C15H20N2O3/c1-17(14(18)15(9-16)5-2-6-15)8-11-3-4-12-13(7-11)20-10-19-12/h3-4,7H,2,5-6,8-10,16H2,1H3. The molecule has 1 fully saturated rings. The molecule has 2 aliphatic rings. The maximum absolute atomic E-state index is 12.5. The molecule has 108 valence electrons. The third kappa shape index (κ3) is 2.12. The van der Waals surface area contributed by atoms with Crippen molar-refractivity contribution in [2.45, 2.75) is 25.8 Å². The number of hydrogen-bond donors (Lipinski definition) is 1. The fourth-order valence-corrected chi connectivity index (χ4v) is 2.90. The Balaban J connectivity index is 1.69. The summed E-state index contributed by atoms with van der Waals surface area (Å²) in [6, 6.07) is 5.78. The lowest BCUT2D eigenvalue weighted by molar-refractivity contribution is -0.145. The minimum absolute atomic E-state index is 0.156. The van der Waals surface area contributed by atoms with Crippen LogP contribution in [0.1, 0.15) is 24.8 Å². The topological polar surface area (TPSA) is 64.8 Å². The van der Waals surface area contributed by atoms with Gasteiger partial charge in [0.1, 0.15) is 0 Å². The molecule has 0 unspecified atom stereocenters. The van der Waals surface area contributed by atoms with Crippen molar-refractivity contribution in [1.29, 1.82) is 0 Å². The zero-order valence-corrected chi connectivity index (χ0v) is 11.7. The van der Waals surface area contributed by atoms with E-state index >= 15 is 0 Å². The quantitative estimate of drug-likeness (QED) is 0.905. The highest BCUT2D eigenvalue weighted by atomic mass is 16.7. The molecule has 1 aromatic carbocycles. The van der Waals surface area contributed by atoms with E-state index in [1.807, 2.05) is 25.2 Å². The molecule has 0 radical (unpaired) electrons. The van der Waals surface area contributed by atoms with E-state index < -0.39 is 0 Å². The smallest absolute Gasteiger partial charge is 0.231 e. The average Bonchev–Trinajstić information content (AvgIpc) is 2.85. The molecule has 0 spiro atoms. The van der Waals surface area contributed by atoms with Gasteiger partial charge in [-0.15, -0.1) is 0 Å². The number of nitrogens with two attached hydrogens (primary N) is 1. The molecule has 3 rings (SSSR count). The van der Waals surface area contributed by atoms with Crippen molar-refractivity contribution in [1.82, 2.24) is 4.90 Å². The van der Waals surface area contributed by atoms with Crippen molar-refractivity contribution in [3.05, 3.63) is 23.8 Å². The van der Waals surface area contributed by atoms with E-state index in [1.165, 1.54) is 0 Å². The molecule has 2 N–H and O–H groups in total. The van der Waals surface area contributed by atoms with E-state index in [9.17, 15) is 4.79 Å². The Morgan fingerprint density at radius 3 is 2.75 bits per heavy atom. The largest absolute Gasteiger partial charge is 0.454 e. The van der Waals surface area contributed by atoms with Gasteiger partial charge >= 0.3 is 0 Å². The van der Waals surface area contributed by atoms with Crippen LogP contribution in [-0.2, 0) is 11.3 Å². The molecule has 5 nitrogen and oxygen atoms in total. The van der Waals surface area contributed by atoms with Crippen molar-refractivity contribution < 1.29 is 14.3 Å². The van der Waals surface area contributed by atoms with Crippen LogP contribution in [0.25, 0.3) is 0 Å². The second-order valence-corrected chi connectivity index (χ2v) is 5.69. The molecule has 1 aliphatic heterocycles. The average molecular weight is 276 g/mol. The third-order valence-electron chi connectivity index (χ3n) is 4.36. The van der Waals surface area contributed by atoms with Crippen LogP contribution in [0.2, 0.25) is 0 Å². The van der Waals surface area contributed by atoms with Crippen LogP contribution in [0.5, 0.6) is 11.5 Å².